The summed E-state index contributed by atoms with van der Waals surface area (Å²) in [6.07, 6.45) is 2.11. The van der Waals surface area contributed by atoms with E-state index in [9.17, 15) is 9.59 Å². The third-order valence-electron chi connectivity index (χ3n) is 4.86. The summed E-state index contributed by atoms with van der Waals surface area (Å²) in [4.78, 5) is 26.8. The van der Waals surface area contributed by atoms with Crippen molar-refractivity contribution in [3.8, 4) is 5.75 Å². The molecule has 0 bridgehead atoms. The molecule has 130 valence electrons. The van der Waals surface area contributed by atoms with Crippen LogP contribution in [0.2, 0.25) is 0 Å². The van der Waals surface area contributed by atoms with E-state index in [1.807, 2.05) is 39.9 Å². The van der Waals surface area contributed by atoms with Gasteiger partial charge in [-0.2, -0.15) is 11.3 Å². The highest BCUT2D eigenvalue weighted by Crippen LogP contribution is 2.32. The summed E-state index contributed by atoms with van der Waals surface area (Å²) >= 11 is 1.60. The highest BCUT2D eigenvalue weighted by Gasteiger charge is 2.41. The van der Waals surface area contributed by atoms with Crippen LogP contribution in [-0.2, 0) is 11.2 Å². The van der Waals surface area contributed by atoms with Gasteiger partial charge in [-0.1, -0.05) is 12.1 Å². The van der Waals surface area contributed by atoms with E-state index in [4.69, 9.17) is 4.74 Å². The molecule has 0 unspecified atom stereocenters. The minimum absolute atomic E-state index is 0.116. The Labute approximate surface area is 150 Å². The molecule has 1 N–H and O–H groups in total. The molecule has 1 atom stereocenters. The van der Waals surface area contributed by atoms with Gasteiger partial charge >= 0.3 is 0 Å². The first-order chi connectivity index (χ1) is 12.2. The Morgan fingerprint density at radius 1 is 1.32 bits per heavy atom. The largest absolute Gasteiger partial charge is 0.483 e. The zero-order valence-corrected chi connectivity index (χ0v) is 14.7. The smallest absolute Gasteiger partial charge is 0.255 e. The summed E-state index contributed by atoms with van der Waals surface area (Å²) in [6, 6.07) is 9.28. The Morgan fingerprint density at radius 2 is 2.20 bits per heavy atom. The van der Waals surface area contributed by atoms with E-state index < -0.39 is 5.60 Å². The minimum atomic E-state index is -0.551. The molecule has 25 heavy (non-hydrogen) atoms. The molecule has 1 fully saturated rings. The lowest BCUT2D eigenvalue weighted by Gasteiger charge is -2.42. The molecule has 2 aliphatic heterocycles. The molecule has 0 saturated carbocycles. The maximum Gasteiger partial charge on any atom is 0.255 e. The Kier molecular flexibility index (Phi) is 4.21. The molecule has 1 spiro atoms. The summed E-state index contributed by atoms with van der Waals surface area (Å²) in [5.41, 5.74) is 1.06. The van der Waals surface area contributed by atoms with Crippen LogP contribution in [0.3, 0.4) is 0 Å². The van der Waals surface area contributed by atoms with Gasteiger partial charge in [-0.25, -0.2) is 0 Å². The van der Waals surface area contributed by atoms with Gasteiger partial charge in [-0.05, 0) is 47.4 Å². The van der Waals surface area contributed by atoms with Crippen molar-refractivity contribution in [2.75, 3.05) is 19.6 Å². The molecule has 1 aromatic heterocycles. The summed E-state index contributed by atoms with van der Waals surface area (Å²) in [5, 5.41) is 6.96. The van der Waals surface area contributed by atoms with Crippen molar-refractivity contribution in [2.24, 2.45) is 0 Å². The molecule has 0 aliphatic carbocycles. The maximum atomic E-state index is 12.7. The van der Waals surface area contributed by atoms with Crippen molar-refractivity contribution in [3.05, 3.63) is 52.2 Å². The zero-order chi connectivity index (χ0) is 17.3. The second-order valence-electron chi connectivity index (χ2n) is 6.69. The normalized spacial score (nSPS) is 22.7. The first kappa shape index (κ1) is 16.1. The fraction of sp³-hybridized carbons (Fsp3) is 0.368. The minimum Gasteiger partial charge on any atom is -0.483 e. The molecule has 2 amide bonds. The van der Waals surface area contributed by atoms with E-state index >= 15 is 0 Å². The van der Waals surface area contributed by atoms with Crippen LogP contribution in [0.25, 0.3) is 0 Å². The molecule has 4 rings (SSSR count). The maximum absolute atomic E-state index is 12.7. The number of piperidine rings is 1. The number of para-hydroxylation sites is 1. The number of hydrogen-bond acceptors (Lipinski definition) is 4. The fourth-order valence-electron chi connectivity index (χ4n) is 3.57. The van der Waals surface area contributed by atoms with Crippen LogP contribution in [0.1, 0.15) is 28.8 Å². The molecule has 2 aliphatic rings. The number of fused-ring (bicyclic) bond motifs is 1. The molecule has 0 radical (unpaired) electrons. The topological polar surface area (TPSA) is 58.6 Å². The van der Waals surface area contributed by atoms with Crippen LogP contribution in [-0.4, -0.2) is 41.9 Å². The van der Waals surface area contributed by atoms with Gasteiger partial charge in [0, 0.05) is 6.54 Å². The summed E-state index contributed by atoms with van der Waals surface area (Å²) in [5.74, 6) is 0.601. The van der Waals surface area contributed by atoms with E-state index in [-0.39, 0.29) is 11.8 Å². The fourth-order valence-corrected chi connectivity index (χ4v) is 4.24. The van der Waals surface area contributed by atoms with Gasteiger partial charge in [0.2, 0.25) is 5.91 Å². The first-order valence-corrected chi connectivity index (χ1v) is 9.45. The van der Waals surface area contributed by atoms with Crippen molar-refractivity contribution in [1.29, 1.82) is 0 Å². The molecule has 3 heterocycles. The first-order valence-electron chi connectivity index (χ1n) is 8.50. The number of nitrogens with one attached hydrogen (secondary N) is 1. The Morgan fingerprint density at radius 3 is 3.04 bits per heavy atom. The quantitative estimate of drug-likeness (QED) is 0.899. The van der Waals surface area contributed by atoms with Gasteiger partial charge in [0.1, 0.15) is 11.4 Å². The van der Waals surface area contributed by atoms with E-state index in [0.717, 1.165) is 24.9 Å². The number of thiophene rings is 1. The summed E-state index contributed by atoms with van der Waals surface area (Å²) in [7, 11) is 0. The number of carbonyl (C=O) groups excluding carboxylic acids is 2. The van der Waals surface area contributed by atoms with Gasteiger partial charge in [0.25, 0.3) is 5.91 Å². The lowest BCUT2D eigenvalue weighted by Crippen LogP contribution is -2.58. The number of benzene rings is 1. The molecule has 2 aromatic rings. The molecule has 6 heteroatoms. The second-order valence-corrected chi connectivity index (χ2v) is 7.47. The number of amides is 2. The Hall–Kier alpha value is -2.34. The molecule has 1 saturated heterocycles. The SMILES string of the molecule is O=C1NC[C@]2(CCCN(C(=O)Cc3ccsc3)C2)Oc2ccccc21. The third-order valence-corrected chi connectivity index (χ3v) is 5.59. The predicted molar refractivity (Wildman–Crippen MR) is 96.0 cm³/mol. The van der Waals surface area contributed by atoms with E-state index in [1.165, 1.54) is 0 Å². The number of hydrogen-bond donors (Lipinski definition) is 1. The van der Waals surface area contributed by atoms with E-state index in [2.05, 4.69) is 5.32 Å². The standard InChI is InChI=1S/C19H20N2O3S/c22-17(10-14-6-9-25-11-14)21-8-3-7-19(13-21)12-20-18(23)15-4-1-2-5-16(15)24-19/h1-2,4-6,9,11H,3,7-8,10,12-13H2,(H,20,23)/t19-/m0/s1. The second kappa shape index (κ2) is 6.52. The number of rotatable bonds is 2. The molecular formula is C19H20N2O3S. The van der Waals surface area contributed by atoms with Crippen molar-refractivity contribution >= 4 is 23.2 Å². The van der Waals surface area contributed by atoms with E-state index in [0.29, 0.717) is 30.8 Å². The van der Waals surface area contributed by atoms with Gasteiger partial charge in [0.05, 0.1) is 25.1 Å². The summed E-state index contributed by atoms with van der Waals surface area (Å²) < 4.78 is 6.30. The van der Waals surface area contributed by atoms with Gasteiger partial charge in [-0.3, -0.25) is 9.59 Å². The van der Waals surface area contributed by atoms with Crippen LogP contribution < -0.4 is 10.1 Å². The lowest BCUT2D eigenvalue weighted by atomic mass is 9.92. The van der Waals surface area contributed by atoms with Crippen molar-refractivity contribution in [1.82, 2.24) is 10.2 Å². The average molecular weight is 356 g/mol. The molecule has 5 nitrogen and oxygen atoms in total. The van der Waals surface area contributed by atoms with Gasteiger partial charge in [-0.15, -0.1) is 0 Å². The average Bonchev–Trinajstić information content (AvgIpc) is 3.09. The molecule has 1 aromatic carbocycles. The number of nitrogens with zero attached hydrogens (tertiary/aromatic N) is 1. The lowest BCUT2D eigenvalue weighted by molar-refractivity contribution is -0.136. The third kappa shape index (κ3) is 3.26. The predicted octanol–water partition coefficient (Wildman–Crippen LogP) is 2.47. The van der Waals surface area contributed by atoms with E-state index in [1.54, 1.807) is 17.4 Å². The van der Waals surface area contributed by atoms with Gasteiger partial charge < -0.3 is 15.0 Å². The number of carbonyl (C=O) groups is 2. The monoisotopic (exact) mass is 356 g/mol. The van der Waals surface area contributed by atoms with Crippen molar-refractivity contribution in [3.63, 3.8) is 0 Å². The van der Waals surface area contributed by atoms with Crippen LogP contribution in [0.4, 0.5) is 0 Å². The Balaban J connectivity index is 1.54. The van der Waals surface area contributed by atoms with Crippen LogP contribution >= 0.6 is 11.3 Å². The van der Waals surface area contributed by atoms with Gasteiger partial charge in [0.15, 0.2) is 0 Å². The number of likely N-dealkylation sites (tertiary alicyclic amines) is 1. The van der Waals surface area contributed by atoms with Crippen molar-refractivity contribution in [2.45, 2.75) is 24.9 Å². The molecular weight excluding hydrogens is 336 g/mol. The van der Waals surface area contributed by atoms with Crippen LogP contribution in [0.15, 0.2) is 41.1 Å². The van der Waals surface area contributed by atoms with Crippen LogP contribution in [0, 0.1) is 0 Å². The summed E-state index contributed by atoms with van der Waals surface area (Å²) in [6.45, 7) is 1.66. The Bertz CT molecular complexity index is 790. The van der Waals surface area contributed by atoms with Crippen molar-refractivity contribution < 1.29 is 14.3 Å². The number of ether oxygens (including phenoxy) is 1. The zero-order valence-electron chi connectivity index (χ0n) is 13.9. The highest BCUT2D eigenvalue weighted by molar-refractivity contribution is 7.08. The highest BCUT2D eigenvalue weighted by atomic mass is 32.1. The van der Waals surface area contributed by atoms with Crippen LogP contribution in [0.5, 0.6) is 5.75 Å².